The molecule has 2 rings (SSSR count). The fourth-order valence-electron chi connectivity index (χ4n) is 2.55. The number of hydrogen-bond donors (Lipinski definition) is 2. The summed E-state index contributed by atoms with van der Waals surface area (Å²) in [5.41, 5.74) is 3.11. The van der Waals surface area contributed by atoms with Crippen molar-refractivity contribution in [1.82, 2.24) is 10.0 Å². The molecule has 0 unspecified atom stereocenters. The first-order valence-electron chi connectivity index (χ1n) is 8.64. The lowest BCUT2D eigenvalue weighted by molar-refractivity contribution is -0.121. The number of amides is 1. The second kappa shape index (κ2) is 9.31. The van der Waals surface area contributed by atoms with E-state index in [1.54, 1.807) is 31.2 Å². The van der Waals surface area contributed by atoms with Crippen molar-refractivity contribution in [3.05, 3.63) is 64.7 Å². The summed E-state index contributed by atoms with van der Waals surface area (Å²) in [5, 5.41) is 11.5. The Labute approximate surface area is 160 Å². The maximum Gasteiger partial charge on any atom is 0.240 e. The Kier molecular flexibility index (Phi) is 7.11. The summed E-state index contributed by atoms with van der Waals surface area (Å²) in [6.07, 6.45) is 0.862. The molecule has 2 aromatic rings. The average Bonchev–Trinajstić information content (AvgIpc) is 2.66. The Bertz CT molecular complexity index is 945. The van der Waals surface area contributed by atoms with E-state index in [4.69, 9.17) is 5.26 Å². The van der Waals surface area contributed by atoms with E-state index in [1.807, 2.05) is 31.2 Å². The van der Waals surface area contributed by atoms with Crippen LogP contribution in [0.25, 0.3) is 0 Å². The van der Waals surface area contributed by atoms with Gasteiger partial charge in [0.2, 0.25) is 15.9 Å². The van der Waals surface area contributed by atoms with Crippen LogP contribution in [0.3, 0.4) is 0 Å². The van der Waals surface area contributed by atoms with Gasteiger partial charge in [0, 0.05) is 19.5 Å². The number of carbonyl (C=O) groups excluding carboxylic acids is 1. The van der Waals surface area contributed by atoms with Crippen molar-refractivity contribution in [2.45, 2.75) is 31.6 Å². The van der Waals surface area contributed by atoms with Crippen LogP contribution in [0.15, 0.2) is 47.4 Å². The van der Waals surface area contributed by atoms with Gasteiger partial charge in [0.25, 0.3) is 0 Å². The fraction of sp³-hybridized carbons (Fsp3) is 0.300. The van der Waals surface area contributed by atoms with Crippen molar-refractivity contribution in [2.24, 2.45) is 0 Å². The van der Waals surface area contributed by atoms with Crippen LogP contribution in [0.2, 0.25) is 0 Å². The van der Waals surface area contributed by atoms with E-state index in [1.165, 1.54) is 0 Å². The van der Waals surface area contributed by atoms with Gasteiger partial charge < -0.3 is 5.32 Å². The lowest BCUT2D eigenvalue weighted by atomic mass is 10.1. The first kappa shape index (κ1) is 20.6. The number of nitrogens with one attached hydrogen (secondary N) is 2. The van der Waals surface area contributed by atoms with Crippen molar-refractivity contribution in [1.29, 1.82) is 5.26 Å². The Morgan fingerprint density at radius 3 is 2.44 bits per heavy atom. The molecular weight excluding hydrogens is 362 g/mol. The van der Waals surface area contributed by atoms with Crippen LogP contribution in [-0.4, -0.2) is 27.4 Å². The fourth-order valence-corrected chi connectivity index (χ4v) is 3.91. The second-order valence-corrected chi connectivity index (χ2v) is 8.06. The zero-order valence-electron chi connectivity index (χ0n) is 15.5. The molecular formula is C20H23N3O3S. The number of aryl methyl sites for hydroxylation is 3. The molecule has 0 aliphatic carbocycles. The van der Waals surface area contributed by atoms with Gasteiger partial charge in [-0.15, -0.1) is 0 Å². The number of nitrogens with zero attached hydrogens (tertiary/aromatic N) is 1. The molecule has 0 atom stereocenters. The minimum atomic E-state index is -3.60. The predicted octanol–water partition coefficient (Wildman–Crippen LogP) is 2.20. The number of sulfonamides is 1. The highest BCUT2D eigenvalue weighted by Gasteiger charge is 2.16. The predicted molar refractivity (Wildman–Crippen MR) is 104 cm³/mol. The monoisotopic (exact) mass is 385 g/mol. The third-order valence-corrected chi connectivity index (χ3v) is 5.70. The number of hydrogen-bond acceptors (Lipinski definition) is 4. The molecule has 0 bridgehead atoms. The van der Waals surface area contributed by atoms with E-state index in [0.717, 1.165) is 11.1 Å². The minimum absolute atomic E-state index is 0.123. The van der Waals surface area contributed by atoms with Gasteiger partial charge in [-0.25, -0.2) is 13.1 Å². The largest absolute Gasteiger partial charge is 0.355 e. The van der Waals surface area contributed by atoms with Gasteiger partial charge in [-0.3, -0.25) is 4.79 Å². The van der Waals surface area contributed by atoms with Gasteiger partial charge in [0.05, 0.1) is 16.5 Å². The Morgan fingerprint density at radius 1 is 1.07 bits per heavy atom. The molecule has 0 spiro atoms. The minimum Gasteiger partial charge on any atom is -0.355 e. The normalized spacial score (nSPS) is 11.0. The molecule has 6 nitrogen and oxygen atoms in total. The van der Waals surface area contributed by atoms with Gasteiger partial charge in [-0.2, -0.15) is 5.26 Å². The second-order valence-electron chi connectivity index (χ2n) is 6.33. The summed E-state index contributed by atoms with van der Waals surface area (Å²) in [6.45, 7) is 3.93. The van der Waals surface area contributed by atoms with Gasteiger partial charge in [0.15, 0.2) is 0 Å². The summed E-state index contributed by atoms with van der Waals surface area (Å²) in [4.78, 5) is 12.2. The van der Waals surface area contributed by atoms with Crippen LogP contribution >= 0.6 is 0 Å². The maximum absolute atomic E-state index is 12.4. The van der Waals surface area contributed by atoms with Gasteiger partial charge in [-0.1, -0.05) is 24.3 Å². The summed E-state index contributed by atoms with van der Waals surface area (Å²) in [5.74, 6) is -0.148. The molecule has 0 radical (unpaired) electrons. The molecule has 0 aliphatic rings. The van der Waals surface area contributed by atoms with Crippen LogP contribution in [-0.2, 0) is 21.2 Å². The number of nitriles is 1. The SMILES string of the molecule is Cc1ccc(C)c(S(=O)(=O)NCCNC(=O)CCc2ccc(C#N)cc2)c1. The van der Waals surface area contributed by atoms with E-state index < -0.39 is 10.0 Å². The lowest BCUT2D eigenvalue weighted by Gasteiger charge is -2.11. The molecule has 142 valence electrons. The molecule has 1 amide bonds. The Hall–Kier alpha value is -2.69. The number of rotatable bonds is 8. The van der Waals surface area contributed by atoms with E-state index in [2.05, 4.69) is 10.0 Å². The first-order chi connectivity index (χ1) is 12.8. The Morgan fingerprint density at radius 2 is 1.78 bits per heavy atom. The van der Waals surface area contributed by atoms with Gasteiger partial charge in [0.1, 0.15) is 0 Å². The summed E-state index contributed by atoms with van der Waals surface area (Å²) in [7, 11) is -3.60. The number of carbonyl (C=O) groups is 1. The van der Waals surface area contributed by atoms with Crippen LogP contribution in [0.1, 0.15) is 28.7 Å². The molecule has 0 saturated heterocycles. The maximum atomic E-state index is 12.4. The molecule has 0 saturated carbocycles. The summed E-state index contributed by atoms with van der Waals surface area (Å²) < 4.78 is 27.2. The smallest absolute Gasteiger partial charge is 0.240 e. The van der Waals surface area contributed by atoms with E-state index in [0.29, 0.717) is 24.0 Å². The van der Waals surface area contributed by atoms with Crippen molar-refractivity contribution in [3.8, 4) is 6.07 Å². The Balaban J connectivity index is 1.76. The van der Waals surface area contributed by atoms with E-state index >= 15 is 0 Å². The van der Waals surface area contributed by atoms with Crippen molar-refractivity contribution < 1.29 is 13.2 Å². The van der Waals surface area contributed by atoms with E-state index in [9.17, 15) is 13.2 Å². The molecule has 7 heteroatoms. The molecule has 0 fully saturated rings. The van der Waals surface area contributed by atoms with Crippen molar-refractivity contribution >= 4 is 15.9 Å². The topological polar surface area (TPSA) is 99.1 Å². The zero-order chi connectivity index (χ0) is 19.9. The van der Waals surface area contributed by atoms with E-state index in [-0.39, 0.29) is 23.9 Å². The third-order valence-electron chi connectivity index (χ3n) is 4.10. The summed E-state index contributed by atoms with van der Waals surface area (Å²) in [6, 6.07) is 14.4. The third kappa shape index (κ3) is 6.20. The van der Waals surface area contributed by atoms with Gasteiger partial charge >= 0.3 is 0 Å². The molecule has 27 heavy (non-hydrogen) atoms. The first-order valence-corrected chi connectivity index (χ1v) is 10.1. The molecule has 2 N–H and O–H groups in total. The quantitative estimate of drug-likeness (QED) is 0.681. The standard InChI is InChI=1S/C20H23N3O3S/c1-15-3-4-16(2)19(13-15)27(25,26)23-12-11-22-20(24)10-9-17-5-7-18(14-21)8-6-17/h3-8,13,23H,9-12H2,1-2H3,(H,22,24). The lowest BCUT2D eigenvalue weighted by Crippen LogP contribution is -2.35. The molecule has 0 aromatic heterocycles. The van der Waals surface area contributed by atoms with Gasteiger partial charge in [-0.05, 0) is 55.2 Å². The molecule has 2 aromatic carbocycles. The van der Waals surface area contributed by atoms with Crippen molar-refractivity contribution in [3.63, 3.8) is 0 Å². The highest BCUT2D eigenvalue weighted by Crippen LogP contribution is 2.16. The van der Waals surface area contributed by atoms with Crippen molar-refractivity contribution in [2.75, 3.05) is 13.1 Å². The summed E-state index contributed by atoms with van der Waals surface area (Å²) >= 11 is 0. The molecule has 0 aliphatic heterocycles. The highest BCUT2D eigenvalue weighted by atomic mass is 32.2. The number of benzene rings is 2. The zero-order valence-corrected chi connectivity index (χ0v) is 16.3. The van der Waals surface area contributed by atoms with Crippen LogP contribution in [0.5, 0.6) is 0 Å². The van der Waals surface area contributed by atoms with Crippen LogP contribution in [0, 0.1) is 25.2 Å². The highest BCUT2D eigenvalue weighted by molar-refractivity contribution is 7.89. The van der Waals surface area contributed by atoms with Crippen LogP contribution in [0.4, 0.5) is 0 Å². The average molecular weight is 385 g/mol. The molecule has 0 heterocycles. The van der Waals surface area contributed by atoms with Crippen LogP contribution < -0.4 is 10.0 Å².